The number of rotatable bonds is 3. The van der Waals surface area contributed by atoms with E-state index in [0.717, 1.165) is 10.9 Å². The molecule has 2 aromatic carbocycles. The maximum Gasteiger partial charge on any atom is 0.245 e. The van der Waals surface area contributed by atoms with Crippen molar-refractivity contribution in [3.8, 4) is 0 Å². The molecule has 0 unspecified atom stereocenters. The Labute approximate surface area is 179 Å². The van der Waals surface area contributed by atoms with Crippen LogP contribution in [-0.2, 0) is 10.0 Å². The maximum atomic E-state index is 14.4. The van der Waals surface area contributed by atoms with E-state index in [-0.39, 0.29) is 23.8 Å². The van der Waals surface area contributed by atoms with Crippen LogP contribution in [0.5, 0.6) is 0 Å². The molecule has 1 fully saturated rings. The molecule has 1 aliphatic rings. The van der Waals surface area contributed by atoms with Gasteiger partial charge >= 0.3 is 0 Å². The lowest BCUT2D eigenvalue weighted by molar-refractivity contribution is 0.384. The number of pyridine rings is 1. The van der Waals surface area contributed by atoms with Gasteiger partial charge in [0.05, 0.1) is 16.4 Å². The Kier molecular flexibility index (Phi) is 4.79. The van der Waals surface area contributed by atoms with Gasteiger partial charge in [0.2, 0.25) is 10.0 Å². The fourth-order valence-corrected chi connectivity index (χ4v) is 5.61. The normalized spacial score (nSPS) is 15.6. The van der Waals surface area contributed by atoms with E-state index in [4.69, 9.17) is 0 Å². The average Bonchev–Trinajstić information content (AvgIpc) is 2.78. The number of anilines is 1. The molecule has 5 rings (SSSR count). The number of nitrogens with zero attached hydrogens (tertiary/aromatic N) is 5. The molecule has 0 atom stereocenters. The van der Waals surface area contributed by atoms with Gasteiger partial charge in [-0.05, 0) is 36.8 Å². The van der Waals surface area contributed by atoms with E-state index in [1.54, 1.807) is 30.5 Å². The van der Waals surface area contributed by atoms with Crippen molar-refractivity contribution in [1.82, 2.24) is 19.3 Å². The molecular weight excluding hydrogens is 417 g/mol. The number of hydrogen-bond acceptors (Lipinski definition) is 6. The van der Waals surface area contributed by atoms with Crippen LogP contribution in [0, 0.1) is 12.7 Å². The highest BCUT2D eigenvalue weighted by atomic mass is 32.2. The Morgan fingerprint density at radius 1 is 0.968 bits per heavy atom. The summed E-state index contributed by atoms with van der Waals surface area (Å²) in [5, 5.41) is 1.15. The number of benzene rings is 2. The highest BCUT2D eigenvalue weighted by Crippen LogP contribution is 2.29. The topological polar surface area (TPSA) is 79.3 Å². The first-order valence-electron chi connectivity index (χ1n) is 9.95. The Hall–Kier alpha value is -3.17. The minimum Gasteiger partial charge on any atom is -0.353 e. The van der Waals surface area contributed by atoms with Crippen LogP contribution in [0.1, 0.15) is 5.56 Å². The predicted octanol–water partition coefficient (Wildman–Crippen LogP) is 3.14. The van der Waals surface area contributed by atoms with Gasteiger partial charge in [0.25, 0.3) is 0 Å². The molecule has 158 valence electrons. The van der Waals surface area contributed by atoms with Gasteiger partial charge in [-0.2, -0.15) is 4.31 Å². The summed E-state index contributed by atoms with van der Waals surface area (Å²) in [6, 6.07) is 11.8. The Balaban J connectivity index is 1.44. The van der Waals surface area contributed by atoms with Crippen LogP contribution < -0.4 is 4.90 Å². The van der Waals surface area contributed by atoms with Crippen LogP contribution in [0.3, 0.4) is 0 Å². The van der Waals surface area contributed by atoms with Crippen molar-refractivity contribution in [2.75, 3.05) is 31.1 Å². The van der Waals surface area contributed by atoms with Crippen molar-refractivity contribution in [3.05, 3.63) is 66.4 Å². The van der Waals surface area contributed by atoms with Crippen molar-refractivity contribution < 1.29 is 12.8 Å². The van der Waals surface area contributed by atoms with Gasteiger partial charge in [-0.3, -0.25) is 4.98 Å². The zero-order valence-electron chi connectivity index (χ0n) is 16.9. The van der Waals surface area contributed by atoms with Crippen LogP contribution >= 0.6 is 0 Å². The maximum absolute atomic E-state index is 14.4. The van der Waals surface area contributed by atoms with Gasteiger partial charge in [0, 0.05) is 37.8 Å². The first-order chi connectivity index (χ1) is 14.9. The molecular formula is C22H20FN5O2S. The number of fused-ring (bicyclic) bond motifs is 2. The summed E-state index contributed by atoms with van der Waals surface area (Å²) in [7, 11) is -3.72. The molecule has 0 bridgehead atoms. The molecule has 7 nitrogen and oxygen atoms in total. The number of aryl methyl sites for hydroxylation is 1. The van der Waals surface area contributed by atoms with Crippen molar-refractivity contribution >= 4 is 37.6 Å². The number of aromatic nitrogens is 3. The van der Waals surface area contributed by atoms with E-state index in [0.29, 0.717) is 35.3 Å². The van der Waals surface area contributed by atoms with Crippen molar-refractivity contribution in [1.29, 1.82) is 0 Å². The molecule has 2 aromatic heterocycles. The van der Waals surface area contributed by atoms with Gasteiger partial charge in [-0.1, -0.05) is 18.2 Å². The fourth-order valence-electron chi connectivity index (χ4n) is 4.02. The number of halogens is 1. The standard InChI is InChI=1S/C22H20FN5O2S/c1-15-12-16-4-2-7-19(21(16)24-13-15)31(29,30)28-10-8-27(9-11-28)22-20-17(23)5-3-6-18(20)25-14-26-22/h2-7,12-14H,8-11H2,1H3. The average molecular weight is 438 g/mol. The lowest BCUT2D eigenvalue weighted by Crippen LogP contribution is -2.49. The molecule has 31 heavy (non-hydrogen) atoms. The molecule has 0 N–H and O–H groups in total. The van der Waals surface area contributed by atoms with Gasteiger partial charge in [0.1, 0.15) is 22.9 Å². The Morgan fingerprint density at radius 2 is 1.74 bits per heavy atom. The molecule has 1 saturated heterocycles. The van der Waals surface area contributed by atoms with E-state index in [9.17, 15) is 12.8 Å². The second-order valence-electron chi connectivity index (χ2n) is 7.56. The minimum atomic E-state index is -3.72. The highest BCUT2D eigenvalue weighted by Gasteiger charge is 2.31. The minimum absolute atomic E-state index is 0.206. The summed E-state index contributed by atoms with van der Waals surface area (Å²) in [6.07, 6.45) is 3.08. The molecule has 4 aromatic rings. The largest absolute Gasteiger partial charge is 0.353 e. The van der Waals surface area contributed by atoms with Crippen LogP contribution in [-0.4, -0.2) is 53.9 Å². The third-order valence-corrected chi connectivity index (χ3v) is 7.49. The molecule has 0 spiro atoms. The van der Waals surface area contributed by atoms with Gasteiger partial charge in [-0.15, -0.1) is 0 Å². The summed E-state index contributed by atoms with van der Waals surface area (Å²) in [5.41, 5.74) is 1.97. The molecule has 0 aliphatic carbocycles. The number of piperazine rings is 1. The highest BCUT2D eigenvalue weighted by molar-refractivity contribution is 7.89. The third kappa shape index (κ3) is 3.39. The van der Waals surface area contributed by atoms with E-state index in [1.165, 1.54) is 16.7 Å². The number of sulfonamides is 1. The smallest absolute Gasteiger partial charge is 0.245 e. The molecule has 0 amide bonds. The zero-order chi connectivity index (χ0) is 21.6. The number of para-hydroxylation sites is 1. The summed E-state index contributed by atoms with van der Waals surface area (Å²) >= 11 is 0. The quantitative estimate of drug-likeness (QED) is 0.490. The van der Waals surface area contributed by atoms with Gasteiger partial charge in [-0.25, -0.2) is 22.8 Å². The van der Waals surface area contributed by atoms with Crippen LogP contribution in [0.4, 0.5) is 10.2 Å². The number of hydrogen-bond donors (Lipinski definition) is 0. The van der Waals surface area contributed by atoms with Crippen molar-refractivity contribution in [2.24, 2.45) is 0 Å². The van der Waals surface area contributed by atoms with Gasteiger partial charge in [0.15, 0.2) is 0 Å². The van der Waals surface area contributed by atoms with Crippen LogP contribution in [0.15, 0.2) is 59.9 Å². The molecule has 0 radical (unpaired) electrons. The Morgan fingerprint density at radius 3 is 2.55 bits per heavy atom. The summed E-state index contributed by atoms with van der Waals surface area (Å²) in [5.74, 6) is 0.0997. The van der Waals surface area contributed by atoms with E-state index in [2.05, 4.69) is 15.0 Å². The Bertz CT molecular complexity index is 1400. The molecule has 1 aliphatic heterocycles. The molecule has 0 saturated carbocycles. The SMILES string of the molecule is Cc1cnc2c(S(=O)(=O)N3CCN(c4ncnc5cccc(F)c45)CC3)cccc2c1. The van der Waals surface area contributed by atoms with Gasteiger partial charge < -0.3 is 4.90 Å². The first-order valence-corrected chi connectivity index (χ1v) is 11.4. The fraction of sp³-hybridized carbons (Fsp3) is 0.227. The van der Waals surface area contributed by atoms with E-state index < -0.39 is 10.0 Å². The molecule has 9 heteroatoms. The third-order valence-electron chi connectivity index (χ3n) is 5.56. The summed E-state index contributed by atoms with van der Waals surface area (Å²) < 4.78 is 42.7. The zero-order valence-corrected chi connectivity index (χ0v) is 17.7. The second kappa shape index (κ2) is 7.51. The summed E-state index contributed by atoms with van der Waals surface area (Å²) in [6.45, 7) is 3.26. The molecule has 3 heterocycles. The van der Waals surface area contributed by atoms with Crippen LogP contribution in [0.2, 0.25) is 0 Å². The monoisotopic (exact) mass is 437 g/mol. The second-order valence-corrected chi connectivity index (χ2v) is 9.47. The van der Waals surface area contributed by atoms with Crippen LogP contribution in [0.25, 0.3) is 21.8 Å². The van der Waals surface area contributed by atoms with Crippen molar-refractivity contribution in [2.45, 2.75) is 11.8 Å². The predicted molar refractivity (Wildman–Crippen MR) is 117 cm³/mol. The first kappa shape index (κ1) is 19.8. The summed E-state index contributed by atoms with van der Waals surface area (Å²) in [4.78, 5) is 14.9. The van der Waals surface area contributed by atoms with E-state index >= 15 is 0 Å². The lowest BCUT2D eigenvalue weighted by atomic mass is 10.2. The lowest BCUT2D eigenvalue weighted by Gasteiger charge is -2.35. The van der Waals surface area contributed by atoms with E-state index in [1.807, 2.05) is 24.0 Å². The van der Waals surface area contributed by atoms with Crippen molar-refractivity contribution in [3.63, 3.8) is 0 Å².